The molecule has 0 fully saturated rings. The van der Waals surface area contributed by atoms with Gasteiger partial charge in [-0.2, -0.15) is 4.89 Å². The maximum absolute atomic E-state index is 9.90. The molecule has 5 heteroatoms. The summed E-state index contributed by atoms with van der Waals surface area (Å²) in [5.74, 6) is 2.23. The van der Waals surface area contributed by atoms with Crippen molar-refractivity contribution < 1.29 is 19.6 Å². The summed E-state index contributed by atoms with van der Waals surface area (Å²) < 4.78 is 0. The Kier molecular flexibility index (Phi) is 3.90. The van der Waals surface area contributed by atoms with E-state index in [4.69, 9.17) is 18.0 Å². The van der Waals surface area contributed by atoms with Gasteiger partial charge in [-0.1, -0.05) is 5.92 Å². The second-order valence-corrected chi connectivity index (χ2v) is 2.44. The molecule has 0 amide bonds. The highest BCUT2D eigenvalue weighted by atomic mass is 35.5. The lowest BCUT2D eigenvalue weighted by atomic mass is 10.2. The van der Waals surface area contributed by atoms with Crippen molar-refractivity contribution in [3.8, 4) is 12.3 Å². The molecule has 0 saturated carbocycles. The molecular formula is C6H7ClO4. The van der Waals surface area contributed by atoms with E-state index in [0.29, 0.717) is 0 Å². The van der Waals surface area contributed by atoms with Crippen molar-refractivity contribution in [3.63, 3.8) is 0 Å². The average molecular weight is 179 g/mol. The van der Waals surface area contributed by atoms with E-state index < -0.39 is 11.0 Å². The van der Waals surface area contributed by atoms with Gasteiger partial charge in [0.05, 0.1) is 0 Å². The molecule has 0 aliphatic rings. The number of terminal acetylenes is 1. The van der Waals surface area contributed by atoms with Crippen LogP contribution < -0.4 is 0 Å². The molecule has 0 rings (SSSR count). The highest BCUT2D eigenvalue weighted by Crippen LogP contribution is 2.07. The van der Waals surface area contributed by atoms with E-state index in [1.165, 1.54) is 0 Å². The molecule has 4 nitrogen and oxygen atoms in total. The van der Waals surface area contributed by atoms with Gasteiger partial charge in [0.25, 0.3) is 0 Å². The van der Waals surface area contributed by atoms with Gasteiger partial charge in [-0.05, 0) is 18.9 Å². The van der Waals surface area contributed by atoms with Crippen LogP contribution in [0.15, 0.2) is 0 Å². The van der Waals surface area contributed by atoms with Crippen LogP contribution in [-0.4, -0.2) is 11.0 Å². The van der Waals surface area contributed by atoms with Crippen LogP contribution in [0.4, 0.5) is 4.79 Å². The fourth-order valence-corrected chi connectivity index (χ4v) is 0.179. The predicted molar refractivity (Wildman–Crippen MR) is 37.4 cm³/mol. The fourth-order valence-electron chi connectivity index (χ4n) is 0.153. The Labute approximate surface area is 69.2 Å². The summed E-state index contributed by atoms with van der Waals surface area (Å²) in [5, 5.41) is 3.93. The van der Waals surface area contributed by atoms with Crippen LogP contribution in [0.2, 0.25) is 0 Å². The van der Waals surface area contributed by atoms with Gasteiger partial charge in [0, 0.05) is 11.6 Å². The van der Waals surface area contributed by atoms with Crippen molar-refractivity contribution in [2.24, 2.45) is 0 Å². The van der Waals surface area contributed by atoms with Crippen LogP contribution >= 0.6 is 11.6 Å². The summed E-state index contributed by atoms with van der Waals surface area (Å²) in [4.78, 5) is 18.1. The molecule has 0 aliphatic heterocycles. The number of rotatable bonds is 3. The Morgan fingerprint density at radius 1 is 1.64 bits per heavy atom. The highest BCUT2D eigenvalue weighted by Gasteiger charge is 2.16. The molecule has 0 radical (unpaired) electrons. The molecule has 0 aromatic carbocycles. The minimum atomic E-state index is -1.13. The van der Waals surface area contributed by atoms with E-state index in [9.17, 15) is 4.79 Å². The largest absolute Gasteiger partial charge is 0.438 e. The SMILES string of the molecule is C#CC(C)(C)OOOC(=O)Cl. The number of hydrogen-bond donors (Lipinski definition) is 0. The Bertz CT molecular complexity index is 182. The summed E-state index contributed by atoms with van der Waals surface area (Å²) in [7, 11) is 0. The Morgan fingerprint density at radius 3 is 2.55 bits per heavy atom. The number of carbonyl (C=O) groups is 1. The monoisotopic (exact) mass is 178 g/mol. The Hall–Kier alpha value is -0.760. The highest BCUT2D eigenvalue weighted by molar-refractivity contribution is 6.61. The van der Waals surface area contributed by atoms with E-state index in [2.05, 4.69) is 20.7 Å². The summed E-state index contributed by atoms with van der Waals surface area (Å²) in [6.45, 7) is 3.10. The van der Waals surface area contributed by atoms with Gasteiger partial charge in [0.15, 0.2) is 5.60 Å². The molecule has 62 valence electrons. The number of hydrogen-bond acceptors (Lipinski definition) is 4. The normalized spacial score (nSPS) is 10.4. The average Bonchev–Trinajstić information content (AvgIpc) is 1.87. The van der Waals surface area contributed by atoms with E-state index in [-0.39, 0.29) is 0 Å². The van der Waals surface area contributed by atoms with Crippen LogP contribution in [-0.2, 0) is 14.8 Å². The fraction of sp³-hybridized carbons (Fsp3) is 0.500. The molecule has 11 heavy (non-hydrogen) atoms. The third-order valence-corrected chi connectivity index (χ3v) is 0.752. The molecule has 0 heterocycles. The minimum Gasteiger partial charge on any atom is -0.250 e. The standard InChI is InChI=1S/C6H7ClO4/c1-4-6(2,3)10-11-9-5(7)8/h1H,2-3H3. The second-order valence-electron chi connectivity index (χ2n) is 2.13. The Morgan fingerprint density at radius 2 is 2.18 bits per heavy atom. The van der Waals surface area contributed by atoms with Crippen molar-refractivity contribution in [2.45, 2.75) is 19.4 Å². The summed E-state index contributed by atoms with van der Waals surface area (Å²) >= 11 is 4.73. The van der Waals surface area contributed by atoms with E-state index >= 15 is 0 Å². The van der Waals surface area contributed by atoms with E-state index in [1.807, 2.05) is 0 Å². The van der Waals surface area contributed by atoms with Gasteiger partial charge in [-0.15, -0.1) is 6.42 Å². The molecule has 0 atom stereocenters. The van der Waals surface area contributed by atoms with Crippen LogP contribution in [0, 0.1) is 12.3 Å². The van der Waals surface area contributed by atoms with Crippen molar-refractivity contribution in [1.82, 2.24) is 0 Å². The molecule has 0 aromatic rings. The first-order valence-corrected chi connectivity index (χ1v) is 3.05. The summed E-state index contributed by atoms with van der Waals surface area (Å²) in [6.07, 6.45) is 4.99. The third kappa shape index (κ3) is 5.67. The van der Waals surface area contributed by atoms with Crippen LogP contribution in [0.5, 0.6) is 0 Å². The maximum atomic E-state index is 9.90. The van der Waals surface area contributed by atoms with Gasteiger partial charge < -0.3 is 0 Å². The van der Waals surface area contributed by atoms with E-state index in [1.54, 1.807) is 13.8 Å². The first kappa shape index (κ1) is 10.2. The zero-order chi connectivity index (χ0) is 8.91. The predicted octanol–water partition coefficient (Wildman–Crippen LogP) is 1.64. The zero-order valence-corrected chi connectivity index (χ0v) is 6.84. The maximum Gasteiger partial charge on any atom is 0.438 e. The molecule has 0 unspecified atom stereocenters. The molecule has 0 saturated heterocycles. The van der Waals surface area contributed by atoms with Crippen molar-refractivity contribution in [1.29, 1.82) is 0 Å². The number of halogens is 1. The van der Waals surface area contributed by atoms with Crippen molar-refractivity contribution in [2.75, 3.05) is 0 Å². The van der Waals surface area contributed by atoms with Crippen molar-refractivity contribution in [3.05, 3.63) is 0 Å². The van der Waals surface area contributed by atoms with Crippen molar-refractivity contribution >= 4 is 17.0 Å². The quantitative estimate of drug-likeness (QED) is 0.285. The minimum absolute atomic E-state index is 0.952. The smallest absolute Gasteiger partial charge is 0.250 e. The second kappa shape index (κ2) is 4.19. The lowest BCUT2D eigenvalue weighted by Crippen LogP contribution is -2.22. The topological polar surface area (TPSA) is 44.8 Å². The first-order chi connectivity index (χ1) is 4.98. The lowest BCUT2D eigenvalue weighted by Gasteiger charge is -2.13. The molecule has 0 N–H and O–H groups in total. The molecule has 0 spiro atoms. The molecule has 0 bridgehead atoms. The first-order valence-electron chi connectivity index (χ1n) is 2.67. The van der Waals surface area contributed by atoms with Gasteiger partial charge in [0.1, 0.15) is 0 Å². The van der Waals surface area contributed by atoms with Crippen LogP contribution in [0.1, 0.15) is 13.8 Å². The lowest BCUT2D eigenvalue weighted by molar-refractivity contribution is -0.502. The molecular weight excluding hydrogens is 172 g/mol. The summed E-state index contributed by atoms with van der Waals surface area (Å²) in [5.41, 5.74) is -2.08. The van der Waals surface area contributed by atoms with Gasteiger partial charge in [0.2, 0.25) is 0 Å². The van der Waals surface area contributed by atoms with Crippen LogP contribution in [0.25, 0.3) is 0 Å². The molecule has 0 aliphatic carbocycles. The summed E-state index contributed by atoms with van der Waals surface area (Å²) in [6, 6.07) is 0. The number of carbonyl (C=O) groups excluding carboxylic acids is 1. The Balaban J connectivity index is 3.56. The molecule has 0 aromatic heterocycles. The van der Waals surface area contributed by atoms with Gasteiger partial charge in [-0.3, -0.25) is 4.89 Å². The zero-order valence-electron chi connectivity index (χ0n) is 6.09. The third-order valence-electron chi connectivity index (χ3n) is 0.689. The van der Waals surface area contributed by atoms with Gasteiger partial charge >= 0.3 is 5.43 Å². The van der Waals surface area contributed by atoms with Gasteiger partial charge in [-0.25, -0.2) is 4.79 Å². The van der Waals surface area contributed by atoms with E-state index in [0.717, 1.165) is 0 Å². The van der Waals surface area contributed by atoms with Crippen LogP contribution in [0.3, 0.4) is 0 Å².